The van der Waals surface area contributed by atoms with Gasteiger partial charge in [-0.2, -0.15) is 0 Å². The van der Waals surface area contributed by atoms with E-state index in [1.54, 1.807) is 43.5 Å². The van der Waals surface area contributed by atoms with E-state index >= 15 is 0 Å². The fourth-order valence-electron chi connectivity index (χ4n) is 1.84. The highest BCUT2D eigenvalue weighted by molar-refractivity contribution is 14.1. The Morgan fingerprint density at radius 3 is 2.29 bits per heavy atom. The molecule has 0 radical (unpaired) electrons. The molecule has 0 aliphatic rings. The minimum absolute atomic E-state index is 0.368. The lowest BCUT2D eigenvalue weighted by atomic mass is 10.2. The molecule has 0 spiro atoms. The molecule has 126 valence electrons. The van der Waals surface area contributed by atoms with Crippen LogP contribution in [0.4, 0.5) is 0 Å². The van der Waals surface area contributed by atoms with Crippen molar-refractivity contribution in [2.45, 2.75) is 0 Å². The SMILES string of the molecule is COCCOc1ccc(C(=O)NNC(=O)c2ccccc2I)cc1. The van der Waals surface area contributed by atoms with Gasteiger partial charge in [-0.3, -0.25) is 20.4 Å². The summed E-state index contributed by atoms with van der Waals surface area (Å²) in [6, 6.07) is 13.7. The molecule has 2 N–H and O–H groups in total. The molecule has 0 unspecified atom stereocenters. The topological polar surface area (TPSA) is 76.7 Å². The number of benzene rings is 2. The van der Waals surface area contributed by atoms with E-state index < -0.39 is 5.91 Å². The maximum atomic E-state index is 12.0. The lowest BCUT2D eigenvalue weighted by Crippen LogP contribution is -2.41. The molecule has 0 saturated heterocycles. The Hall–Kier alpha value is -2.13. The van der Waals surface area contributed by atoms with Crippen molar-refractivity contribution >= 4 is 34.4 Å². The van der Waals surface area contributed by atoms with E-state index in [-0.39, 0.29) is 5.91 Å². The second-order valence-corrected chi connectivity index (χ2v) is 5.92. The Balaban J connectivity index is 1.88. The number of hydrogen-bond acceptors (Lipinski definition) is 4. The number of nitrogens with one attached hydrogen (secondary N) is 2. The number of rotatable bonds is 6. The molecular weight excluding hydrogens is 423 g/mol. The van der Waals surface area contributed by atoms with Crippen LogP contribution in [0.15, 0.2) is 48.5 Å². The van der Waals surface area contributed by atoms with Gasteiger partial charge in [0.2, 0.25) is 0 Å². The predicted molar refractivity (Wildman–Crippen MR) is 97.9 cm³/mol. The van der Waals surface area contributed by atoms with Crippen LogP contribution in [0.25, 0.3) is 0 Å². The zero-order chi connectivity index (χ0) is 17.4. The fourth-order valence-corrected chi connectivity index (χ4v) is 2.48. The minimum atomic E-state index is -0.405. The van der Waals surface area contributed by atoms with Crippen molar-refractivity contribution < 1.29 is 19.1 Å². The first-order chi connectivity index (χ1) is 11.6. The summed E-state index contributed by atoms with van der Waals surface area (Å²) in [7, 11) is 1.60. The monoisotopic (exact) mass is 440 g/mol. The van der Waals surface area contributed by atoms with E-state index in [2.05, 4.69) is 33.4 Å². The highest BCUT2D eigenvalue weighted by atomic mass is 127. The first-order valence-electron chi connectivity index (χ1n) is 7.19. The van der Waals surface area contributed by atoms with Crippen LogP contribution >= 0.6 is 22.6 Å². The van der Waals surface area contributed by atoms with E-state index in [1.807, 2.05) is 12.1 Å². The van der Waals surface area contributed by atoms with Crippen molar-refractivity contribution in [1.82, 2.24) is 10.9 Å². The molecule has 2 aromatic carbocycles. The van der Waals surface area contributed by atoms with Crippen molar-refractivity contribution in [3.8, 4) is 5.75 Å². The Kier molecular flexibility index (Phi) is 7.01. The van der Waals surface area contributed by atoms with Gasteiger partial charge in [0.1, 0.15) is 12.4 Å². The number of ether oxygens (including phenoxy) is 2. The molecule has 2 rings (SSSR count). The first-order valence-corrected chi connectivity index (χ1v) is 8.26. The van der Waals surface area contributed by atoms with Gasteiger partial charge >= 0.3 is 0 Å². The molecule has 7 heteroatoms. The van der Waals surface area contributed by atoms with Crippen LogP contribution in [-0.2, 0) is 4.74 Å². The normalized spacial score (nSPS) is 10.1. The second kappa shape index (κ2) is 9.24. The summed E-state index contributed by atoms with van der Waals surface area (Å²) in [5, 5.41) is 0. The predicted octanol–water partition coefficient (Wildman–Crippen LogP) is 2.39. The third kappa shape index (κ3) is 5.20. The number of methoxy groups -OCH3 is 1. The van der Waals surface area contributed by atoms with Gasteiger partial charge < -0.3 is 9.47 Å². The van der Waals surface area contributed by atoms with Crippen LogP contribution < -0.4 is 15.6 Å². The zero-order valence-electron chi connectivity index (χ0n) is 13.0. The second-order valence-electron chi connectivity index (χ2n) is 4.75. The van der Waals surface area contributed by atoms with Gasteiger partial charge in [-0.05, 0) is 59.0 Å². The fraction of sp³-hybridized carbons (Fsp3) is 0.176. The van der Waals surface area contributed by atoms with Crippen LogP contribution in [0, 0.1) is 3.57 Å². The summed E-state index contributed by atoms with van der Waals surface area (Å²) in [5.41, 5.74) is 5.71. The summed E-state index contributed by atoms with van der Waals surface area (Å²) < 4.78 is 11.1. The van der Waals surface area contributed by atoms with E-state index in [4.69, 9.17) is 9.47 Å². The quantitative estimate of drug-likeness (QED) is 0.411. The highest BCUT2D eigenvalue weighted by Gasteiger charge is 2.11. The molecule has 0 aliphatic heterocycles. The van der Waals surface area contributed by atoms with Crippen molar-refractivity contribution in [3.63, 3.8) is 0 Å². The summed E-state index contributed by atoms with van der Waals surface area (Å²) in [5.74, 6) is -0.128. The van der Waals surface area contributed by atoms with Crippen molar-refractivity contribution in [2.24, 2.45) is 0 Å². The Bertz CT molecular complexity index is 704. The van der Waals surface area contributed by atoms with E-state index in [1.165, 1.54) is 0 Å². The van der Waals surface area contributed by atoms with Crippen LogP contribution in [0.5, 0.6) is 5.75 Å². The van der Waals surface area contributed by atoms with E-state index in [0.717, 1.165) is 3.57 Å². The molecular formula is C17H17IN2O4. The first kappa shape index (κ1) is 18.2. The number of amides is 2. The molecule has 2 aromatic rings. The molecule has 0 atom stereocenters. The standard InChI is InChI=1S/C17H17IN2O4/c1-23-10-11-24-13-8-6-12(7-9-13)16(21)19-20-17(22)14-4-2-3-5-15(14)18/h2-9H,10-11H2,1H3,(H,19,21)(H,20,22). The maximum Gasteiger partial charge on any atom is 0.270 e. The minimum Gasteiger partial charge on any atom is -0.491 e. The molecule has 0 aliphatic carbocycles. The Morgan fingerprint density at radius 2 is 1.62 bits per heavy atom. The lowest BCUT2D eigenvalue weighted by Gasteiger charge is -2.09. The molecule has 0 bridgehead atoms. The summed E-state index contributed by atoms with van der Waals surface area (Å²) >= 11 is 2.06. The molecule has 0 aromatic heterocycles. The van der Waals surface area contributed by atoms with Crippen LogP contribution in [-0.4, -0.2) is 32.1 Å². The molecule has 0 heterocycles. The molecule has 6 nitrogen and oxygen atoms in total. The zero-order valence-corrected chi connectivity index (χ0v) is 15.2. The Morgan fingerprint density at radius 1 is 0.958 bits per heavy atom. The third-order valence-electron chi connectivity index (χ3n) is 3.08. The maximum absolute atomic E-state index is 12.0. The van der Waals surface area contributed by atoms with Gasteiger partial charge in [0.25, 0.3) is 11.8 Å². The number of hydrogen-bond donors (Lipinski definition) is 2. The van der Waals surface area contributed by atoms with Gasteiger partial charge in [-0.15, -0.1) is 0 Å². The van der Waals surface area contributed by atoms with Gasteiger partial charge in [-0.1, -0.05) is 12.1 Å². The number of carbonyl (C=O) groups excluding carboxylic acids is 2. The molecule has 2 amide bonds. The number of carbonyl (C=O) groups is 2. The average molecular weight is 440 g/mol. The summed E-state index contributed by atoms with van der Waals surface area (Å²) in [6.45, 7) is 0.931. The average Bonchev–Trinajstić information content (AvgIpc) is 2.60. The summed E-state index contributed by atoms with van der Waals surface area (Å²) in [4.78, 5) is 24.1. The summed E-state index contributed by atoms with van der Waals surface area (Å²) in [6.07, 6.45) is 0. The van der Waals surface area contributed by atoms with Crippen LogP contribution in [0.2, 0.25) is 0 Å². The van der Waals surface area contributed by atoms with Crippen molar-refractivity contribution in [3.05, 3.63) is 63.2 Å². The van der Waals surface area contributed by atoms with E-state index in [9.17, 15) is 9.59 Å². The van der Waals surface area contributed by atoms with Gasteiger partial charge in [0.15, 0.2) is 0 Å². The number of halogens is 1. The van der Waals surface area contributed by atoms with Gasteiger partial charge in [0, 0.05) is 16.2 Å². The third-order valence-corrected chi connectivity index (χ3v) is 4.02. The van der Waals surface area contributed by atoms with Crippen molar-refractivity contribution in [1.29, 1.82) is 0 Å². The Labute approximate surface area is 153 Å². The van der Waals surface area contributed by atoms with Gasteiger partial charge in [-0.25, -0.2) is 0 Å². The van der Waals surface area contributed by atoms with Crippen LogP contribution in [0.1, 0.15) is 20.7 Å². The molecule has 0 fully saturated rings. The van der Waals surface area contributed by atoms with Gasteiger partial charge in [0.05, 0.1) is 12.2 Å². The smallest absolute Gasteiger partial charge is 0.270 e. The van der Waals surface area contributed by atoms with E-state index in [0.29, 0.717) is 30.1 Å². The largest absolute Gasteiger partial charge is 0.491 e. The van der Waals surface area contributed by atoms with Crippen molar-refractivity contribution in [2.75, 3.05) is 20.3 Å². The highest BCUT2D eigenvalue weighted by Crippen LogP contribution is 2.12. The number of hydrazine groups is 1. The lowest BCUT2D eigenvalue weighted by molar-refractivity contribution is 0.0846. The molecule has 24 heavy (non-hydrogen) atoms. The molecule has 0 saturated carbocycles. The van der Waals surface area contributed by atoms with Crippen LogP contribution in [0.3, 0.4) is 0 Å².